The second kappa shape index (κ2) is 5.08. The van der Waals surface area contributed by atoms with Crippen molar-refractivity contribution < 1.29 is 4.79 Å². The van der Waals surface area contributed by atoms with Crippen molar-refractivity contribution in [3.05, 3.63) is 68.8 Å². The molecule has 2 aromatic carbocycles. The van der Waals surface area contributed by atoms with Gasteiger partial charge in [-0.3, -0.25) is 4.79 Å². The highest BCUT2D eigenvalue weighted by Crippen LogP contribution is 2.30. The van der Waals surface area contributed by atoms with Crippen molar-refractivity contribution in [2.24, 2.45) is 0 Å². The van der Waals surface area contributed by atoms with Crippen LogP contribution < -0.4 is 0 Å². The third-order valence-electron chi connectivity index (χ3n) is 3.34. The summed E-state index contributed by atoms with van der Waals surface area (Å²) < 4.78 is 0.892. The van der Waals surface area contributed by atoms with Crippen LogP contribution in [0.3, 0.4) is 0 Å². The second-order valence-corrected chi connectivity index (χ2v) is 5.86. The fourth-order valence-corrected chi connectivity index (χ4v) is 3.08. The first-order chi connectivity index (χ1) is 9.59. The van der Waals surface area contributed by atoms with Gasteiger partial charge in [0, 0.05) is 32.7 Å². The molecule has 0 radical (unpaired) electrons. The van der Waals surface area contributed by atoms with Crippen LogP contribution in [0.25, 0.3) is 10.9 Å². The average Bonchev–Trinajstić information content (AvgIpc) is 2.86. The Balaban J connectivity index is 2.21. The van der Waals surface area contributed by atoms with Crippen LogP contribution in [0.5, 0.6) is 0 Å². The Bertz CT molecular complexity index is 822. The Morgan fingerprint density at radius 1 is 1.15 bits per heavy atom. The predicted octanol–water partition coefficient (Wildman–Crippen LogP) is 5.12. The number of benzene rings is 2. The maximum Gasteiger partial charge on any atom is 0.196 e. The van der Waals surface area contributed by atoms with Gasteiger partial charge in [0.05, 0.1) is 5.02 Å². The Morgan fingerprint density at radius 3 is 2.70 bits per heavy atom. The van der Waals surface area contributed by atoms with Gasteiger partial charge in [-0.2, -0.15) is 0 Å². The Hall–Kier alpha value is -1.58. The van der Waals surface area contributed by atoms with Gasteiger partial charge >= 0.3 is 0 Å². The smallest absolute Gasteiger partial charge is 0.196 e. The molecule has 0 amide bonds. The molecule has 3 rings (SSSR count). The number of aromatic nitrogens is 1. The summed E-state index contributed by atoms with van der Waals surface area (Å²) >= 11 is 9.75. The van der Waals surface area contributed by atoms with E-state index in [0.29, 0.717) is 16.1 Å². The maximum absolute atomic E-state index is 12.7. The number of carbonyl (C=O) groups is 1. The molecule has 100 valence electrons. The summed E-state index contributed by atoms with van der Waals surface area (Å²) in [5.41, 5.74) is 2.98. The Labute approximate surface area is 129 Å². The topological polar surface area (TPSA) is 32.9 Å². The standard InChI is InChI=1S/C16H11BrClNO/c1-9-4-2-5-10(15(9)18)16(20)11-8-19-13-7-3-6-12(17)14(11)13/h2-8,19H,1H3. The summed E-state index contributed by atoms with van der Waals surface area (Å²) in [4.78, 5) is 15.8. The Kier molecular flexibility index (Phi) is 3.40. The van der Waals surface area contributed by atoms with Crippen molar-refractivity contribution in [2.75, 3.05) is 0 Å². The first kappa shape index (κ1) is 13.4. The molecule has 20 heavy (non-hydrogen) atoms. The van der Waals surface area contributed by atoms with E-state index in [0.717, 1.165) is 20.9 Å². The molecule has 0 aliphatic heterocycles. The molecule has 0 aliphatic rings. The lowest BCUT2D eigenvalue weighted by Gasteiger charge is -2.05. The van der Waals surface area contributed by atoms with Crippen LogP contribution in [0.1, 0.15) is 21.5 Å². The highest BCUT2D eigenvalue weighted by Gasteiger charge is 2.18. The first-order valence-electron chi connectivity index (χ1n) is 6.15. The van der Waals surface area contributed by atoms with Crippen molar-refractivity contribution >= 4 is 44.2 Å². The second-order valence-electron chi connectivity index (χ2n) is 4.63. The lowest BCUT2D eigenvalue weighted by molar-refractivity contribution is 0.104. The van der Waals surface area contributed by atoms with Gasteiger partial charge in [0.1, 0.15) is 0 Å². The summed E-state index contributed by atoms with van der Waals surface area (Å²) in [6.07, 6.45) is 1.73. The van der Waals surface area contributed by atoms with Gasteiger partial charge in [-0.25, -0.2) is 0 Å². The van der Waals surface area contributed by atoms with Gasteiger partial charge in [-0.1, -0.05) is 45.7 Å². The van der Waals surface area contributed by atoms with Crippen LogP contribution in [-0.4, -0.2) is 10.8 Å². The normalized spacial score (nSPS) is 10.9. The fraction of sp³-hybridized carbons (Fsp3) is 0.0625. The summed E-state index contributed by atoms with van der Waals surface area (Å²) in [5.74, 6) is -0.0724. The third-order valence-corrected chi connectivity index (χ3v) is 4.50. The molecule has 0 aliphatic carbocycles. The van der Waals surface area contributed by atoms with E-state index < -0.39 is 0 Å². The molecule has 0 spiro atoms. The van der Waals surface area contributed by atoms with E-state index in [9.17, 15) is 4.79 Å². The molecule has 1 heterocycles. The number of aryl methyl sites for hydroxylation is 1. The number of carbonyl (C=O) groups excluding carboxylic acids is 1. The molecule has 0 bridgehead atoms. The number of fused-ring (bicyclic) bond motifs is 1. The van der Waals surface area contributed by atoms with Gasteiger partial charge in [-0.05, 0) is 30.7 Å². The average molecular weight is 349 g/mol. The van der Waals surface area contributed by atoms with Crippen LogP contribution in [0.4, 0.5) is 0 Å². The molecule has 0 saturated heterocycles. The lowest BCUT2D eigenvalue weighted by Crippen LogP contribution is -2.02. The van der Waals surface area contributed by atoms with E-state index in [1.54, 1.807) is 12.3 Å². The van der Waals surface area contributed by atoms with Crippen LogP contribution in [0.15, 0.2) is 47.1 Å². The zero-order chi connectivity index (χ0) is 14.3. The quantitative estimate of drug-likeness (QED) is 0.640. The zero-order valence-electron chi connectivity index (χ0n) is 10.7. The highest BCUT2D eigenvalue weighted by atomic mass is 79.9. The summed E-state index contributed by atoms with van der Waals surface area (Å²) in [6.45, 7) is 1.89. The monoisotopic (exact) mass is 347 g/mol. The van der Waals surface area contributed by atoms with Gasteiger partial charge in [0.2, 0.25) is 0 Å². The number of nitrogens with one attached hydrogen (secondary N) is 1. The third kappa shape index (κ3) is 2.07. The predicted molar refractivity (Wildman–Crippen MR) is 85.6 cm³/mol. The largest absolute Gasteiger partial charge is 0.360 e. The summed E-state index contributed by atoms with van der Waals surface area (Å²) in [6, 6.07) is 11.3. The molecule has 0 saturated carbocycles. The van der Waals surface area contributed by atoms with E-state index in [4.69, 9.17) is 11.6 Å². The van der Waals surface area contributed by atoms with Gasteiger partial charge < -0.3 is 4.98 Å². The van der Waals surface area contributed by atoms with Crippen LogP contribution in [0.2, 0.25) is 5.02 Å². The van der Waals surface area contributed by atoms with Crippen molar-refractivity contribution in [1.82, 2.24) is 4.98 Å². The minimum Gasteiger partial charge on any atom is -0.360 e. The molecule has 0 atom stereocenters. The van der Waals surface area contributed by atoms with Crippen molar-refractivity contribution in [3.8, 4) is 0 Å². The molecular weight excluding hydrogens is 338 g/mol. The number of hydrogen-bond donors (Lipinski definition) is 1. The molecule has 0 fully saturated rings. The van der Waals surface area contributed by atoms with Gasteiger partial charge in [0.15, 0.2) is 5.78 Å². The summed E-state index contributed by atoms with van der Waals surface area (Å²) in [5, 5.41) is 1.40. The first-order valence-corrected chi connectivity index (χ1v) is 7.32. The molecule has 1 N–H and O–H groups in total. The number of hydrogen-bond acceptors (Lipinski definition) is 1. The van der Waals surface area contributed by atoms with E-state index in [2.05, 4.69) is 20.9 Å². The molecule has 1 aromatic heterocycles. The van der Waals surface area contributed by atoms with Crippen molar-refractivity contribution in [3.63, 3.8) is 0 Å². The number of halogens is 2. The fourth-order valence-electron chi connectivity index (χ4n) is 2.29. The van der Waals surface area contributed by atoms with Crippen LogP contribution in [0, 0.1) is 6.92 Å². The SMILES string of the molecule is Cc1cccc(C(=O)c2c[nH]c3cccc(Br)c23)c1Cl. The maximum atomic E-state index is 12.7. The Morgan fingerprint density at radius 2 is 1.90 bits per heavy atom. The van der Waals surface area contributed by atoms with E-state index in [1.807, 2.05) is 37.3 Å². The zero-order valence-corrected chi connectivity index (χ0v) is 13.0. The van der Waals surface area contributed by atoms with Crippen molar-refractivity contribution in [2.45, 2.75) is 6.92 Å². The summed E-state index contributed by atoms with van der Waals surface area (Å²) in [7, 11) is 0. The number of aromatic amines is 1. The minimum atomic E-state index is -0.0724. The lowest BCUT2D eigenvalue weighted by atomic mass is 10.0. The highest BCUT2D eigenvalue weighted by molar-refractivity contribution is 9.10. The number of H-pyrrole nitrogens is 1. The molecule has 4 heteroatoms. The van der Waals surface area contributed by atoms with Crippen molar-refractivity contribution in [1.29, 1.82) is 0 Å². The van der Waals surface area contributed by atoms with Crippen LogP contribution in [-0.2, 0) is 0 Å². The minimum absolute atomic E-state index is 0.0724. The van der Waals surface area contributed by atoms with E-state index in [1.165, 1.54) is 0 Å². The number of ketones is 1. The molecule has 2 nitrogen and oxygen atoms in total. The van der Waals surface area contributed by atoms with Crippen LogP contribution >= 0.6 is 27.5 Å². The van der Waals surface area contributed by atoms with E-state index in [-0.39, 0.29) is 5.78 Å². The van der Waals surface area contributed by atoms with Gasteiger partial charge in [-0.15, -0.1) is 0 Å². The molecule has 0 unspecified atom stereocenters. The number of rotatable bonds is 2. The van der Waals surface area contributed by atoms with E-state index >= 15 is 0 Å². The molecule has 3 aromatic rings. The van der Waals surface area contributed by atoms with Gasteiger partial charge in [0.25, 0.3) is 0 Å². The molecular formula is C16H11BrClNO.